The van der Waals surface area contributed by atoms with Crippen LogP contribution < -0.4 is 0 Å². The predicted octanol–water partition coefficient (Wildman–Crippen LogP) is 3.24. The molecule has 0 unspecified atom stereocenters. The Morgan fingerprint density at radius 2 is 2.00 bits per heavy atom. The van der Waals surface area contributed by atoms with Gasteiger partial charge in [-0.15, -0.1) is 0 Å². The molecule has 1 rings (SSSR count). The summed E-state index contributed by atoms with van der Waals surface area (Å²) >= 11 is 0. The molecule has 5 nitrogen and oxygen atoms in total. The highest BCUT2D eigenvalue weighted by molar-refractivity contribution is 7.86. The molecule has 20 heavy (non-hydrogen) atoms. The fourth-order valence-electron chi connectivity index (χ4n) is 1.61. The average molecular weight is 294 g/mol. The highest BCUT2D eigenvalue weighted by Gasteiger charge is 2.15. The summed E-state index contributed by atoms with van der Waals surface area (Å²) in [5.74, 6) is 0. The van der Waals surface area contributed by atoms with Gasteiger partial charge in [-0.25, -0.2) is 0 Å². The van der Waals surface area contributed by atoms with Crippen LogP contribution >= 0.6 is 0 Å². The number of hydrogen-bond donors (Lipinski definition) is 0. The largest absolute Gasteiger partial charge is 0.358 e. The smallest absolute Gasteiger partial charge is 0.265 e. The third-order valence-corrected chi connectivity index (χ3v) is 3.71. The highest BCUT2D eigenvalue weighted by atomic mass is 32.2. The van der Waals surface area contributed by atoms with E-state index in [0.717, 1.165) is 6.42 Å². The van der Waals surface area contributed by atoms with Crippen molar-refractivity contribution in [3.63, 3.8) is 0 Å². The zero-order valence-electron chi connectivity index (χ0n) is 11.4. The Morgan fingerprint density at radius 1 is 1.30 bits per heavy atom. The van der Waals surface area contributed by atoms with Gasteiger partial charge in [-0.2, -0.15) is 13.7 Å². The standard InChI is InChI=1S/C14H18N2O3S/c1-2-8-13(9-6-7-12-15)16-19-20(17,18)14-10-4-3-5-11-14/h3-5,10-11H,2,6-9H2,1H3. The van der Waals surface area contributed by atoms with Gasteiger partial charge in [-0.3, -0.25) is 4.28 Å². The molecular weight excluding hydrogens is 276 g/mol. The summed E-state index contributed by atoms with van der Waals surface area (Å²) in [6.45, 7) is 1.98. The number of rotatable bonds is 8. The molecule has 0 saturated heterocycles. The van der Waals surface area contributed by atoms with E-state index >= 15 is 0 Å². The average Bonchev–Trinajstić information content (AvgIpc) is 2.46. The lowest BCUT2D eigenvalue weighted by atomic mass is 10.1. The molecule has 0 fully saturated rings. The van der Waals surface area contributed by atoms with Crippen LogP contribution in [0.1, 0.15) is 39.0 Å². The maximum atomic E-state index is 11.9. The van der Waals surface area contributed by atoms with Crippen LogP contribution in [-0.2, 0) is 14.4 Å². The van der Waals surface area contributed by atoms with Crippen molar-refractivity contribution in [2.24, 2.45) is 5.16 Å². The van der Waals surface area contributed by atoms with E-state index in [4.69, 9.17) is 9.55 Å². The molecule has 0 N–H and O–H groups in total. The lowest BCUT2D eigenvalue weighted by molar-refractivity contribution is 0.336. The van der Waals surface area contributed by atoms with Crippen LogP contribution in [0.15, 0.2) is 40.4 Å². The number of nitrogens with zero attached hydrogens (tertiary/aromatic N) is 2. The van der Waals surface area contributed by atoms with Crippen molar-refractivity contribution in [2.45, 2.75) is 43.9 Å². The Hall–Kier alpha value is -1.87. The molecular formula is C14H18N2O3S. The van der Waals surface area contributed by atoms with E-state index in [1.165, 1.54) is 12.1 Å². The Morgan fingerprint density at radius 3 is 2.60 bits per heavy atom. The van der Waals surface area contributed by atoms with Crippen LogP contribution in [0.4, 0.5) is 0 Å². The van der Waals surface area contributed by atoms with E-state index in [1.54, 1.807) is 18.2 Å². The molecule has 108 valence electrons. The van der Waals surface area contributed by atoms with Gasteiger partial charge in [-0.05, 0) is 31.4 Å². The maximum absolute atomic E-state index is 11.9. The number of nitriles is 1. The summed E-state index contributed by atoms with van der Waals surface area (Å²) in [4.78, 5) is 0.0802. The van der Waals surface area contributed by atoms with E-state index in [0.29, 0.717) is 31.4 Å². The van der Waals surface area contributed by atoms with E-state index in [2.05, 4.69) is 5.16 Å². The topological polar surface area (TPSA) is 79.5 Å². The molecule has 6 heteroatoms. The first-order valence-corrected chi connectivity index (χ1v) is 7.92. The van der Waals surface area contributed by atoms with E-state index in [9.17, 15) is 8.42 Å². The van der Waals surface area contributed by atoms with Crippen molar-refractivity contribution >= 4 is 15.8 Å². The Bertz CT molecular complexity index is 574. The van der Waals surface area contributed by atoms with E-state index in [1.807, 2.05) is 13.0 Å². The lowest BCUT2D eigenvalue weighted by Gasteiger charge is -2.05. The fourth-order valence-corrected chi connectivity index (χ4v) is 2.39. The van der Waals surface area contributed by atoms with Crippen molar-refractivity contribution < 1.29 is 12.7 Å². The first kappa shape index (κ1) is 16.2. The molecule has 0 bridgehead atoms. The van der Waals surface area contributed by atoms with Gasteiger partial charge in [0.25, 0.3) is 0 Å². The first-order valence-electron chi connectivity index (χ1n) is 6.51. The fraction of sp³-hybridized carbons (Fsp3) is 0.429. The molecule has 1 aromatic carbocycles. The van der Waals surface area contributed by atoms with Gasteiger partial charge in [-0.1, -0.05) is 36.7 Å². The Kier molecular flexibility index (Phi) is 6.74. The molecule has 0 aliphatic carbocycles. The summed E-state index contributed by atoms with van der Waals surface area (Å²) in [7, 11) is -3.86. The van der Waals surface area contributed by atoms with Crippen LogP contribution in [0.5, 0.6) is 0 Å². The van der Waals surface area contributed by atoms with Crippen molar-refractivity contribution in [2.75, 3.05) is 0 Å². The molecule has 0 aromatic heterocycles. The second-order valence-electron chi connectivity index (χ2n) is 4.26. The normalized spacial score (nSPS) is 11.9. The van der Waals surface area contributed by atoms with E-state index < -0.39 is 10.1 Å². The zero-order chi connectivity index (χ0) is 14.8. The van der Waals surface area contributed by atoms with Crippen LogP contribution in [0.2, 0.25) is 0 Å². The van der Waals surface area contributed by atoms with Crippen molar-refractivity contribution in [3.05, 3.63) is 30.3 Å². The Balaban J connectivity index is 2.73. The van der Waals surface area contributed by atoms with Gasteiger partial charge in [0.2, 0.25) is 0 Å². The summed E-state index contributed by atoms with van der Waals surface area (Å²) in [5, 5.41) is 12.3. The Labute approximate surface area is 120 Å². The lowest BCUT2D eigenvalue weighted by Crippen LogP contribution is -2.06. The maximum Gasteiger partial charge on any atom is 0.358 e. The molecule has 1 aromatic rings. The second kappa shape index (κ2) is 8.33. The molecule has 0 amide bonds. The number of benzene rings is 1. The molecule has 0 spiro atoms. The van der Waals surface area contributed by atoms with Crippen molar-refractivity contribution in [1.82, 2.24) is 0 Å². The third kappa shape index (κ3) is 5.41. The van der Waals surface area contributed by atoms with Crippen LogP contribution in [0.3, 0.4) is 0 Å². The summed E-state index contributed by atoms with van der Waals surface area (Å²) in [6, 6.07) is 9.94. The number of unbranched alkanes of at least 4 members (excludes halogenated alkanes) is 1. The molecule has 0 radical (unpaired) electrons. The van der Waals surface area contributed by atoms with Gasteiger partial charge in [0.1, 0.15) is 4.90 Å². The minimum Gasteiger partial charge on any atom is -0.265 e. The molecule has 0 saturated carbocycles. The van der Waals surface area contributed by atoms with Gasteiger partial charge < -0.3 is 0 Å². The minimum atomic E-state index is -3.86. The summed E-state index contributed by atoms with van der Waals surface area (Å²) in [6.07, 6.45) is 3.17. The molecule has 0 atom stereocenters. The van der Waals surface area contributed by atoms with Crippen LogP contribution in [-0.4, -0.2) is 14.1 Å². The second-order valence-corrected chi connectivity index (χ2v) is 5.79. The van der Waals surface area contributed by atoms with Gasteiger partial charge in [0, 0.05) is 6.42 Å². The number of oxime groups is 1. The van der Waals surface area contributed by atoms with Gasteiger partial charge >= 0.3 is 10.1 Å². The molecule has 0 heterocycles. The van der Waals surface area contributed by atoms with E-state index in [-0.39, 0.29) is 4.90 Å². The van der Waals surface area contributed by atoms with Gasteiger partial charge in [0.05, 0.1) is 11.8 Å². The quantitative estimate of drug-likeness (QED) is 0.419. The zero-order valence-corrected chi connectivity index (χ0v) is 12.3. The SMILES string of the molecule is CCCC(CCCC#N)=NOS(=O)(=O)c1ccccc1. The summed E-state index contributed by atoms with van der Waals surface area (Å²) < 4.78 is 28.5. The molecule has 0 aliphatic heterocycles. The first-order chi connectivity index (χ1) is 9.60. The van der Waals surface area contributed by atoms with Crippen molar-refractivity contribution in [1.29, 1.82) is 5.26 Å². The van der Waals surface area contributed by atoms with Crippen molar-refractivity contribution in [3.8, 4) is 6.07 Å². The molecule has 0 aliphatic rings. The highest BCUT2D eigenvalue weighted by Crippen LogP contribution is 2.13. The third-order valence-electron chi connectivity index (χ3n) is 2.59. The van der Waals surface area contributed by atoms with Crippen LogP contribution in [0.25, 0.3) is 0 Å². The predicted molar refractivity (Wildman–Crippen MR) is 76.5 cm³/mol. The number of hydrogen-bond acceptors (Lipinski definition) is 5. The summed E-state index contributed by atoms with van der Waals surface area (Å²) in [5.41, 5.74) is 0.669. The monoisotopic (exact) mass is 294 g/mol. The van der Waals surface area contributed by atoms with Crippen LogP contribution in [0, 0.1) is 11.3 Å². The van der Waals surface area contributed by atoms with Gasteiger partial charge in [0.15, 0.2) is 0 Å². The minimum absolute atomic E-state index is 0.0802.